The third-order valence-electron chi connectivity index (χ3n) is 3.44. The molecule has 2 aromatic rings. The van der Waals surface area contributed by atoms with E-state index in [0.29, 0.717) is 17.7 Å². The van der Waals surface area contributed by atoms with Gasteiger partial charge in [0.15, 0.2) is 0 Å². The number of rotatable bonds is 5. The van der Waals surface area contributed by atoms with Crippen LogP contribution in [0.3, 0.4) is 0 Å². The van der Waals surface area contributed by atoms with Gasteiger partial charge in [-0.3, -0.25) is 0 Å². The van der Waals surface area contributed by atoms with Gasteiger partial charge in [0.1, 0.15) is 11.5 Å². The molecule has 0 atom stereocenters. The minimum absolute atomic E-state index is 0.258. The van der Waals surface area contributed by atoms with Crippen molar-refractivity contribution >= 4 is 5.97 Å². The van der Waals surface area contributed by atoms with E-state index in [4.69, 9.17) is 9.47 Å². The highest BCUT2D eigenvalue weighted by Gasteiger charge is 2.15. The third-order valence-corrected chi connectivity index (χ3v) is 3.44. The van der Waals surface area contributed by atoms with E-state index in [1.807, 2.05) is 25.1 Å². The second kappa shape index (κ2) is 6.31. The summed E-state index contributed by atoms with van der Waals surface area (Å²) >= 11 is 0. The van der Waals surface area contributed by atoms with Crippen molar-refractivity contribution in [2.75, 3.05) is 14.2 Å². The van der Waals surface area contributed by atoms with Crippen LogP contribution < -0.4 is 9.47 Å². The fourth-order valence-corrected chi connectivity index (χ4v) is 2.32. The van der Waals surface area contributed by atoms with Crippen molar-refractivity contribution in [3.63, 3.8) is 0 Å². The molecule has 2 rings (SSSR count). The van der Waals surface area contributed by atoms with Crippen LogP contribution in [-0.2, 0) is 6.42 Å². The standard InChI is InChI=1S/C17H18O4/c1-11-7-8-12(10-16(11)21-3)9-14-13(17(18)19)5-4-6-15(14)20-2/h4-8,10H,9H2,1-3H3,(H,18,19). The van der Waals surface area contributed by atoms with Crippen molar-refractivity contribution in [3.05, 3.63) is 58.7 Å². The molecule has 0 fully saturated rings. The van der Waals surface area contributed by atoms with Crippen LogP contribution in [0.5, 0.6) is 11.5 Å². The second-order valence-electron chi connectivity index (χ2n) is 4.77. The largest absolute Gasteiger partial charge is 0.496 e. The van der Waals surface area contributed by atoms with E-state index in [2.05, 4.69) is 0 Å². The number of methoxy groups -OCH3 is 2. The number of carboxylic acid groups (broad SMARTS) is 1. The number of benzene rings is 2. The summed E-state index contributed by atoms with van der Waals surface area (Å²) in [4.78, 5) is 11.4. The van der Waals surface area contributed by atoms with E-state index in [1.54, 1.807) is 32.4 Å². The van der Waals surface area contributed by atoms with E-state index in [1.165, 1.54) is 0 Å². The van der Waals surface area contributed by atoms with E-state index in [9.17, 15) is 9.90 Å². The number of hydrogen-bond acceptors (Lipinski definition) is 3. The molecule has 0 heterocycles. The molecule has 0 amide bonds. The first-order chi connectivity index (χ1) is 10.1. The normalized spacial score (nSPS) is 10.2. The summed E-state index contributed by atoms with van der Waals surface area (Å²) in [6.45, 7) is 1.97. The Hall–Kier alpha value is -2.49. The molecule has 0 bridgehead atoms. The first kappa shape index (κ1) is 14.9. The van der Waals surface area contributed by atoms with Crippen LogP contribution in [0.1, 0.15) is 27.0 Å². The number of carbonyl (C=O) groups is 1. The first-order valence-electron chi connectivity index (χ1n) is 6.59. The van der Waals surface area contributed by atoms with Crippen molar-refractivity contribution in [2.24, 2.45) is 0 Å². The topological polar surface area (TPSA) is 55.8 Å². The molecule has 0 aliphatic heterocycles. The van der Waals surface area contributed by atoms with Gasteiger partial charge >= 0.3 is 5.97 Å². The lowest BCUT2D eigenvalue weighted by Crippen LogP contribution is -2.05. The van der Waals surface area contributed by atoms with Gasteiger partial charge in [0.05, 0.1) is 19.8 Å². The zero-order valence-corrected chi connectivity index (χ0v) is 12.3. The molecule has 0 aliphatic carbocycles. The summed E-state index contributed by atoms with van der Waals surface area (Å²) in [5.74, 6) is 0.414. The van der Waals surface area contributed by atoms with Crippen LogP contribution in [0.2, 0.25) is 0 Å². The average molecular weight is 286 g/mol. The summed E-state index contributed by atoms with van der Waals surface area (Å²) in [5.41, 5.74) is 2.94. The van der Waals surface area contributed by atoms with Crippen LogP contribution in [0.25, 0.3) is 0 Å². The SMILES string of the molecule is COc1cc(Cc2c(OC)cccc2C(=O)O)ccc1C. The minimum atomic E-state index is -0.956. The van der Waals surface area contributed by atoms with Crippen LogP contribution >= 0.6 is 0 Å². The molecule has 2 aromatic carbocycles. The molecule has 0 spiro atoms. The van der Waals surface area contributed by atoms with Gasteiger partial charge in [-0.25, -0.2) is 4.79 Å². The molecule has 110 valence electrons. The minimum Gasteiger partial charge on any atom is -0.496 e. The van der Waals surface area contributed by atoms with Gasteiger partial charge in [-0.05, 0) is 36.2 Å². The monoisotopic (exact) mass is 286 g/mol. The maximum Gasteiger partial charge on any atom is 0.336 e. The molecule has 0 unspecified atom stereocenters. The van der Waals surface area contributed by atoms with Crippen molar-refractivity contribution < 1.29 is 19.4 Å². The Morgan fingerprint density at radius 3 is 2.43 bits per heavy atom. The highest BCUT2D eigenvalue weighted by atomic mass is 16.5. The molecule has 0 saturated heterocycles. The summed E-state index contributed by atoms with van der Waals surface area (Å²) in [6.07, 6.45) is 0.474. The summed E-state index contributed by atoms with van der Waals surface area (Å²) in [6, 6.07) is 10.9. The van der Waals surface area contributed by atoms with E-state index >= 15 is 0 Å². The second-order valence-corrected chi connectivity index (χ2v) is 4.77. The van der Waals surface area contributed by atoms with E-state index in [0.717, 1.165) is 16.9 Å². The Bertz CT molecular complexity index is 662. The van der Waals surface area contributed by atoms with Gasteiger partial charge in [-0.2, -0.15) is 0 Å². The molecule has 1 N–H and O–H groups in total. The third kappa shape index (κ3) is 3.16. The molecule has 0 aliphatic rings. The number of aromatic carboxylic acids is 1. The van der Waals surface area contributed by atoms with Crippen LogP contribution in [0, 0.1) is 6.92 Å². The Balaban J connectivity index is 2.45. The van der Waals surface area contributed by atoms with Gasteiger partial charge in [0.2, 0.25) is 0 Å². The molecule has 4 nitrogen and oxygen atoms in total. The highest BCUT2D eigenvalue weighted by molar-refractivity contribution is 5.90. The summed E-state index contributed by atoms with van der Waals surface area (Å²) in [7, 11) is 3.16. The van der Waals surface area contributed by atoms with Crippen molar-refractivity contribution in [1.29, 1.82) is 0 Å². The maximum absolute atomic E-state index is 11.4. The smallest absolute Gasteiger partial charge is 0.336 e. The quantitative estimate of drug-likeness (QED) is 0.916. The predicted molar refractivity (Wildman–Crippen MR) is 80.5 cm³/mol. The molecule has 21 heavy (non-hydrogen) atoms. The van der Waals surface area contributed by atoms with E-state index in [-0.39, 0.29) is 5.56 Å². The maximum atomic E-state index is 11.4. The molecule has 0 radical (unpaired) electrons. The zero-order valence-electron chi connectivity index (χ0n) is 12.3. The van der Waals surface area contributed by atoms with Crippen molar-refractivity contribution in [3.8, 4) is 11.5 Å². The summed E-state index contributed by atoms with van der Waals surface area (Å²) in [5, 5.41) is 9.33. The van der Waals surface area contributed by atoms with Gasteiger partial charge in [0.25, 0.3) is 0 Å². The van der Waals surface area contributed by atoms with Gasteiger partial charge in [-0.15, -0.1) is 0 Å². The molecular formula is C17H18O4. The van der Waals surface area contributed by atoms with Crippen molar-refractivity contribution in [2.45, 2.75) is 13.3 Å². The zero-order chi connectivity index (χ0) is 15.4. The van der Waals surface area contributed by atoms with Crippen molar-refractivity contribution in [1.82, 2.24) is 0 Å². The predicted octanol–water partition coefficient (Wildman–Crippen LogP) is 3.30. The first-order valence-corrected chi connectivity index (χ1v) is 6.59. The van der Waals surface area contributed by atoms with Gasteiger partial charge in [0, 0.05) is 12.0 Å². The fourth-order valence-electron chi connectivity index (χ4n) is 2.32. The summed E-state index contributed by atoms with van der Waals surface area (Å²) < 4.78 is 10.6. The van der Waals surface area contributed by atoms with Crippen LogP contribution in [0.4, 0.5) is 0 Å². The molecular weight excluding hydrogens is 268 g/mol. The fraction of sp³-hybridized carbons (Fsp3) is 0.235. The molecule has 0 saturated carbocycles. The lowest BCUT2D eigenvalue weighted by Gasteiger charge is -2.13. The van der Waals surface area contributed by atoms with Gasteiger partial charge < -0.3 is 14.6 Å². The Labute approximate surface area is 123 Å². The van der Waals surface area contributed by atoms with Gasteiger partial charge in [-0.1, -0.05) is 18.2 Å². The Morgan fingerprint density at radius 2 is 1.81 bits per heavy atom. The Morgan fingerprint density at radius 1 is 1.10 bits per heavy atom. The average Bonchev–Trinajstić information content (AvgIpc) is 2.49. The highest BCUT2D eigenvalue weighted by Crippen LogP contribution is 2.27. The Kier molecular flexibility index (Phi) is 4.48. The molecule has 0 aromatic heterocycles. The number of carboxylic acids is 1. The number of ether oxygens (including phenoxy) is 2. The van der Waals surface area contributed by atoms with Crippen LogP contribution in [-0.4, -0.2) is 25.3 Å². The number of hydrogen-bond donors (Lipinski definition) is 1. The van der Waals surface area contributed by atoms with Crippen LogP contribution in [0.15, 0.2) is 36.4 Å². The van der Waals surface area contributed by atoms with E-state index < -0.39 is 5.97 Å². The number of aryl methyl sites for hydroxylation is 1. The lowest BCUT2D eigenvalue weighted by atomic mass is 9.97. The lowest BCUT2D eigenvalue weighted by molar-refractivity contribution is 0.0695. The molecule has 4 heteroatoms.